The van der Waals surface area contributed by atoms with Gasteiger partial charge in [-0.25, -0.2) is 4.79 Å². The highest BCUT2D eigenvalue weighted by molar-refractivity contribution is 5.61. The molecule has 2 fully saturated rings. The van der Waals surface area contributed by atoms with E-state index in [0.717, 1.165) is 12.8 Å². The van der Waals surface area contributed by atoms with Gasteiger partial charge in [0.2, 0.25) is 0 Å². The summed E-state index contributed by atoms with van der Waals surface area (Å²) >= 11 is 0. The zero-order valence-electron chi connectivity index (χ0n) is 12.5. The van der Waals surface area contributed by atoms with Crippen molar-refractivity contribution in [3.8, 4) is 0 Å². The van der Waals surface area contributed by atoms with Crippen molar-refractivity contribution in [3.63, 3.8) is 0 Å². The first-order valence-corrected chi connectivity index (χ1v) is 6.96. The summed E-state index contributed by atoms with van der Waals surface area (Å²) in [7, 11) is 0. The minimum Gasteiger partial charge on any atom is -0.430 e. The van der Waals surface area contributed by atoms with Crippen molar-refractivity contribution in [1.82, 2.24) is 0 Å². The monoisotopic (exact) mass is 254 g/mol. The summed E-state index contributed by atoms with van der Waals surface area (Å²) in [6.07, 6.45) is 2.90. The first-order valence-electron chi connectivity index (χ1n) is 6.96. The van der Waals surface area contributed by atoms with E-state index < -0.39 is 11.8 Å². The average molecular weight is 254 g/mol. The fraction of sp³-hybridized carbons (Fsp3) is 0.933. The maximum Gasteiger partial charge on any atom is 0.509 e. The van der Waals surface area contributed by atoms with Gasteiger partial charge < -0.3 is 9.47 Å². The highest BCUT2D eigenvalue weighted by Gasteiger charge is 2.63. The van der Waals surface area contributed by atoms with E-state index in [1.807, 2.05) is 20.8 Å². The lowest BCUT2D eigenvalue weighted by molar-refractivity contribution is -0.0645. The Kier molecular flexibility index (Phi) is 2.95. The van der Waals surface area contributed by atoms with Crippen LogP contribution < -0.4 is 0 Å². The van der Waals surface area contributed by atoms with Crippen molar-refractivity contribution in [3.05, 3.63) is 0 Å². The minimum absolute atomic E-state index is 0.0149. The fourth-order valence-corrected chi connectivity index (χ4v) is 3.70. The molecule has 0 aromatic carbocycles. The Balaban J connectivity index is 2.03. The second-order valence-corrected chi connectivity index (χ2v) is 7.68. The van der Waals surface area contributed by atoms with Gasteiger partial charge in [0.1, 0.15) is 11.7 Å². The summed E-state index contributed by atoms with van der Waals surface area (Å²) in [6, 6.07) is 0. The number of fused-ring (bicyclic) bond motifs is 2. The van der Waals surface area contributed by atoms with Crippen LogP contribution in [0.15, 0.2) is 0 Å². The van der Waals surface area contributed by atoms with E-state index >= 15 is 0 Å². The van der Waals surface area contributed by atoms with Gasteiger partial charge in [0.05, 0.1) is 0 Å². The van der Waals surface area contributed by atoms with Gasteiger partial charge in [0, 0.05) is 5.41 Å². The zero-order chi connectivity index (χ0) is 13.8. The summed E-state index contributed by atoms with van der Waals surface area (Å²) in [5.41, 5.74) is -0.112. The second-order valence-electron chi connectivity index (χ2n) is 7.68. The summed E-state index contributed by atoms with van der Waals surface area (Å²) in [4.78, 5) is 11.8. The lowest BCUT2D eigenvalue weighted by Gasteiger charge is -2.38. The molecule has 3 heteroatoms. The molecule has 2 rings (SSSR count). The van der Waals surface area contributed by atoms with E-state index in [2.05, 4.69) is 20.8 Å². The van der Waals surface area contributed by atoms with Crippen LogP contribution in [0.5, 0.6) is 0 Å². The Labute approximate surface area is 110 Å². The van der Waals surface area contributed by atoms with E-state index in [4.69, 9.17) is 9.47 Å². The number of carbonyl (C=O) groups excluding carboxylic acids is 1. The Morgan fingerprint density at radius 1 is 1.22 bits per heavy atom. The molecule has 2 saturated carbocycles. The van der Waals surface area contributed by atoms with Gasteiger partial charge in [-0.3, -0.25) is 0 Å². The third-order valence-electron chi connectivity index (χ3n) is 5.34. The van der Waals surface area contributed by atoms with E-state index in [1.54, 1.807) is 0 Å². The number of hydrogen-bond donors (Lipinski definition) is 0. The molecule has 0 heterocycles. The van der Waals surface area contributed by atoms with Gasteiger partial charge in [0.15, 0.2) is 0 Å². The number of rotatable bonds is 1. The van der Waals surface area contributed by atoms with Gasteiger partial charge in [-0.1, -0.05) is 20.8 Å². The Morgan fingerprint density at radius 3 is 2.22 bits per heavy atom. The highest BCUT2D eigenvalue weighted by atomic mass is 16.7. The van der Waals surface area contributed by atoms with E-state index in [0.29, 0.717) is 5.92 Å². The van der Waals surface area contributed by atoms with Crippen LogP contribution in [0.1, 0.15) is 60.8 Å². The summed E-state index contributed by atoms with van der Waals surface area (Å²) in [5, 5.41) is 0. The highest BCUT2D eigenvalue weighted by Crippen LogP contribution is 2.66. The van der Waals surface area contributed by atoms with Gasteiger partial charge in [-0.15, -0.1) is 0 Å². The first kappa shape index (κ1) is 13.7. The molecular formula is C15H26O3. The zero-order valence-corrected chi connectivity index (χ0v) is 12.5. The molecule has 2 bridgehead atoms. The number of hydrogen-bond acceptors (Lipinski definition) is 3. The normalized spacial score (nSPS) is 37.7. The Hall–Kier alpha value is -0.730. The van der Waals surface area contributed by atoms with Gasteiger partial charge in [-0.2, -0.15) is 0 Å². The Bertz CT molecular complexity index is 353. The van der Waals surface area contributed by atoms with Crippen LogP contribution in [-0.2, 0) is 9.47 Å². The molecule has 0 N–H and O–H groups in total. The summed E-state index contributed by atoms with van der Waals surface area (Å²) in [5.74, 6) is 0.676. The van der Waals surface area contributed by atoms with Crippen LogP contribution >= 0.6 is 0 Å². The number of carbonyl (C=O) groups is 1. The molecule has 104 valence electrons. The maximum atomic E-state index is 11.8. The van der Waals surface area contributed by atoms with Gasteiger partial charge >= 0.3 is 6.16 Å². The molecular weight excluding hydrogens is 228 g/mol. The quantitative estimate of drug-likeness (QED) is 0.659. The third-order valence-corrected chi connectivity index (χ3v) is 5.34. The first-order chi connectivity index (χ1) is 8.06. The van der Waals surface area contributed by atoms with Crippen LogP contribution in [0.2, 0.25) is 0 Å². The molecule has 0 aromatic heterocycles. The standard InChI is InChI=1S/C15H26O3/c1-13(2,3)18-12(16)17-11-9-10-7-8-15(11,6)14(10,4)5/h10-11H,7-9H2,1-6H3. The van der Waals surface area contributed by atoms with Crippen LogP contribution in [-0.4, -0.2) is 17.9 Å². The lowest BCUT2D eigenvalue weighted by Crippen LogP contribution is -2.39. The molecule has 2 aliphatic rings. The molecule has 18 heavy (non-hydrogen) atoms. The summed E-state index contributed by atoms with van der Waals surface area (Å²) < 4.78 is 10.9. The Morgan fingerprint density at radius 2 is 1.83 bits per heavy atom. The molecule has 0 amide bonds. The molecule has 0 spiro atoms. The molecule has 0 aliphatic heterocycles. The molecule has 0 saturated heterocycles. The van der Waals surface area contributed by atoms with Gasteiger partial charge in [0.25, 0.3) is 0 Å². The predicted octanol–water partition coefficient (Wildman–Crippen LogP) is 4.15. The van der Waals surface area contributed by atoms with Crippen molar-refractivity contribution >= 4 is 6.16 Å². The molecule has 3 nitrogen and oxygen atoms in total. The summed E-state index contributed by atoms with van der Waals surface area (Å²) in [6.45, 7) is 12.5. The van der Waals surface area contributed by atoms with E-state index in [1.165, 1.54) is 6.42 Å². The second kappa shape index (κ2) is 3.88. The van der Waals surface area contributed by atoms with Crippen molar-refractivity contribution in [1.29, 1.82) is 0 Å². The maximum absolute atomic E-state index is 11.8. The number of ether oxygens (including phenoxy) is 2. The average Bonchev–Trinajstić information content (AvgIpc) is 2.47. The van der Waals surface area contributed by atoms with E-state index in [9.17, 15) is 4.79 Å². The third kappa shape index (κ3) is 2.02. The SMILES string of the molecule is CC(C)(C)OC(=O)OC1CC2CCC1(C)C2(C)C. The smallest absolute Gasteiger partial charge is 0.430 e. The van der Waals surface area contributed by atoms with Crippen LogP contribution in [0.3, 0.4) is 0 Å². The van der Waals surface area contributed by atoms with Crippen molar-refractivity contribution < 1.29 is 14.3 Å². The predicted molar refractivity (Wildman–Crippen MR) is 70.3 cm³/mol. The minimum atomic E-state index is -0.517. The largest absolute Gasteiger partial charge is 0.509 e. The molecule has 3 atom stereocenters. The van der Waals surface area contributed by atoms with Crippen molar-refractivity contribution in [2.24, 2.45) is 16.7 Å². The van der Waals surface area contributed by atoms with Crippen molar-refractivity contribution in [2.45, 2.75) is 72.5 Å². The van der Waals surface area contributed by atoms with Gasteiger partial charge in [-0.05, 0) is 51.4 Å². The van der Waals surface area contributed by atoms with Crippen LogP contribution in [0.4, 0.5) is 4.79 Å². The van der Waals surface area contributed by atoms with E-state index in [-0.39, 0.29) is 16.9 Å². The molecule has 0 radical (unpaired) electrons. The topological polar surface area (TPSA) is 35.5 Å². The molecule has 2 aliphatic carbocycles. The molecule has 0 aromatic rings. The van der Waals surface area contributed by atoms with Crippen LogP contribution in [0, 0.1) is 16.7 Å². The fourth-order valence-electron chi connectivity index (χ4n) is 3.70. The lowest BCUT2D eigenvalue weighted by atomic mass is 9.70. The van der Waals surface area contributed by atoms with Crippen molar-refractivity contribution in [2.75, 3.05) is 0 Å². The molecule has 3 unspecified atom stereocenters. The van der Waals surface area contributed by atoms with Crippen LogP contribution in [0.25, 0.3) is 0 Å².